The van der Waals surface area contributed by atoms with E-state index in [9.17, 15) is 4.79 Å². The fraction of sp³-hybridized carbons (Fsp3) is 0.188. The van der Waals surface area contributed by atoms with Crippen LogP contribution in [0.2, 0.25) is 4.34 Å². The van der Waals surface area contributed by atoms with Gasteiger partial charge in [0.15, 0.2) is 0 Å². The van der Waals surface area contributed by atoms with Crippen molar-refractivity contribution in [1.82, 2.24) is 4.90 Å². The number of carbonyl (C=O) groups is 1. The van der Waals surface area contributed by atoms with Gasteiger partial charge < -0.3 is 4.90 Å². The van der Waals surface area contributed by atoms with Gasteiger partial charge in [-0.3, -0.25) is 4.79 Å². The van der Waals surface area contributed by atoms with Crippen LogP contribution in [0.4, 0.5) is 0 Å². The molecule has 1 aromatic carbocycles. The van der Waals surface area contributed by atoms with E-state index < -0.39 is 0 Å². The highest BCUT2D eigenvalue weighted by Crippen LogP contribution is 2.42. The number of carbonyl (C=O) groups excluding carboxylic acids is 1. The molecule has 0 unspecified atom stereocenters. The molecule has 0 N–H and O–H groups in total. The van der Waals surface area contributed by atoms with Crippen molar-refractivity contribution in [2.45, 2.75) is 12.5 Å². The van der Waals surface area contributed by atoms with Crippen LogP contribution in [-0.4, -0.2) is 17.4 Å². The minimum atomic E-state index is -0.0416. The van der Waals surface area contributed by atoms with Crippen molar-refractivity contribution in [3.8, 4) is 0 Å². The van der Waals surface area contributed by atoms with Gasteiger partial charge >= 0.3 is 0 Å². The lowest BCUT2D eigenvalue weighted by atomic mass is 9.91. The Morgan fingerprint density at radius 1 is 1.48 bits per heavy atom. The highest BCUT2D eigenvalue weighted by molar-refractivity contribution is 9.10. The van der Waals surface area contributed by atoms with Gasteiger partial charge in [-0.1, -0.05) is 52.3 Å². The van der Waals surface area contributed by atoms with E-state index in [4.69, 9.17) is 11.6 Å². The number of halogens is 2. The van der Waals surface area contributed by atoms with Crippen molar-refractivity contribution >= 4 is 44.8 Å². The summed E-state index contributed by atoms with van der Waals surface area (Å²) in [5, 5.41) is 0. The first kappa shape index (κ1) is 14.8. The lowest BCUT2D eigenvalue weighted by molar-refractivity contribution is -0.127. The zero-order valence-electron chi connectivity index (χ0n) is 11.2. The Balaban J connectivity index is 2.08. The summed E-state index contributed by atoms with van der Waals surface area (Å²) in [5.41, 5.74) is 2.31. The molecule has 2 nitrogen and oxygen atoms in total. The van der Waals surface area contributed by atoms with Gasteiger partial charge in [0.2, 0.25) is 5.91 Å². The summed E-state index contributed by atoms with van der Waals surface area (Å²) in [7, 11) is 0. The van der Waals surface area contributed by atoms with Gasteiger partial charge in [-0.15, -0.1) is 11.3 Å². The molecule has 0 bridgehead atoms. The molecular formula is C16H13BrClNOS. The lowest BCUT2D eigenvalue weighted by Crippen LogP contribution is -2.37. The number of nitrogens with zero attached hydrogens (tertiary/aromatic N) is 1. The highest BCUT2D eigenvalue weighted by atomic mass is 79.9. The van der Waals surface area contributed by atoms with E-state index in [-0.39, 0.29) is 11.8 Å². The summed E-state index contributed by atoms with van der Waals surface area (Å²) in [6, 6.07) is 10.1. The van der Waals surface area contributed by atoms with E-state index in [2.05, 4.69) is 28.6 Å². The highest BCUT2D eigenvalue weighted by Gasteiger charge is 2.31. The zero-order chi connectivity index (χ0) is 15.0. The third kappa shape index (κ3) is 2.80. The van der Waals surface area contributed by atoms with E-state index in [1.165, 1.54) is 16.5 Å². The van der Waals surface area contributed by atoms with Gasteiger partial charge in [0.05, 0.1) is 4.34 Å². The van der Waals surface area contributed by atoms with Crippen molar-refractivity contribution in [2.75, 3.05) is 6.54 Å². The van der Waals surface area contributed by atoms with Crippen molar-refractivity contribution in [3.63, 3.8) is 0 Å². The molecule has 0 radical (unpaired) electrons. The molecule has 2 heterocycles. The third-order valence-electron chi connectivity index (χ3n) is 3.66. The summed E-state index contributed by atoms with van der Waals surface area (Å²) in [6.07, 6.45) is 1.37. The molecule has 2 aromatic rings. The summed E-state index contributed by atoms with van der Waals surface area (Å²) >= 11 is 11.4. The second-order valence-electron chi connectivity index (χ2n) is 4.94. The molecule has 0 aliphatic carbocycles. The van der Waals surface area contributed by atoms with Crippen LogP contribution in [-0.2, 0) is 11.3 Å². The van der Waals surface area contributed by atoms with Gasteiger partial charge in [-0.25, -0.2) is 0 Å². The molecule has 0 saturated carbocycles. The second-order valence-corrected chi connectivity index (χ2v) is 7.51. The van der Waals surface area contributed by atoms with Crippen molar-refractivity contribution in [1.29, 1.82) is 0 Å². The number of rotatable bonds is 2. The summed E-state index contributed by atoms with van der Waals surface area (Å²) in [5.74, 6) is 0.103. The Labute approximate surface area is 141 Å². The summed E-state index contributed by atoms with van der Waals surface area (Å²) in [6.45, 7) is 4.84. The normalized spacial score (nSPS) is 17.4. The van der Waals surface area contributed by atoms with Crippen molar-refractivity contribution < 1.29 is 4.79 Å². The molecule has 0 spiro atoms. The average Bonchev–Trinajstić information content (AvgIpc) is 2.86. The molecule has 3 rings (SSSR count). The van der Waals surface area contributed by atoms with Crippen LogP contribution in [0.3, 0.4) is 0 Å². The van der Waals surface area contributed by atoms with Gasteiger partial charge in [-0.2, -0.15) is 0 Å². The van der Waals surface area contributed by atoms with Crippen LogP contribution in [0.15, 0.2) is 47.5 Å². The molecule has 0 fully saturated rings. The molecule has 108 valence electrons. The monoisotopic (exact) mass is 381 g/mol. The smallest absolute Gasteiger partial charge is 0.246 e. The predicted molar refractivity (Wildman–Crippen MR) is 90.9 cm³/mol. The van der Waals surface area contributed by atoms with E-state index in [1.54, 1.807) is 11.3 Å². The van der Waals surface area contributed by atoms with E-state index in [0.29, 0.717) is 13.1 Å². The minimum absolute atomic E-state index is 0.0416. The topological polar surface area (TPSA) is 20.3 Å². The molecule has 21 heavy (non-hydrogen) atoms. The van der Waals surface area contributed by atoms with Crippen LogP contribution in [0.1, 0.15) is 21.9 Å². The SMILES string of the molecule is C=CC(=O)N1Cc2cc(Cl)sc2[C@H](c2ccccc2Br)C1. The third-order valence-corrected chi connectivity index (χ3v) is 5.80. The fourth-order valence-corrected chi connectivity index (χ4v) is 4.65. The second kappa shape index (κ2) is 5.95. The van der Waals surface area contributed by atoms with E-state index in [1.807, 2.05) is 29.2 Å². The average molecular weight is 383 g/mol. The Morgan fingerprint density at radius 2 is 2.24 bits per heavy atom. The van der Waals surface area contributed by atoms with Gasteiger partial charge in [0.1, 0.15) is 0 Å². The van der Waals surface area contributed by atoms with Crippen LogP contribution in [0.25, 0.3) is 0 Å². The number of hydrogen-bond acceptors (Lipinski definition) is 2. The molecule has 1 atom stereocenters. The molecule has 1 aliphatic heterocycles. The van der Waals surface area contributed by atoms with Crippen LogP contribution in [0.5, 0.6) is 0 Å². The quantitative estimate of drug-likeness (QED) is 0.682. The van der Waals surface area contributed by atoms with Gasteiger partial charge in [0, 0.05) is 28.4 Å². The zero-order valence-corrected chi connectivity index (χ0v) is 14.3. The van der Waals surface area contributed by atoms with Crippen LogP contribution < -0.4 is 0 Å². The first-order chi connectivity index (χ1) is 10.1. The van der Waals surface area contributed by atoms with Crippen LogP contribution >= 0.6 is 38.9 Å². The standard InChI is InChI=1S/C16H13BrClNOS/c1-2-15(20)19-8-10-7-14(18)21-16(10)12(9-19)11-5-3-4-6-13(11)17/h2-7,12H,1,8-9H2/t12-/m0/s1. The largest absolute Gasteiger partial charge is 0.334 e. The minimum Gasteiger partial charge on any atom is -0.334 e. The molecule has 1 amide bonds. The fourth-order valence-electron chi connectivity index (χ4n) is 2.69. The van der Waals surface area contributed by atoms with Gasteiger partial charge in [-0.05, 0) is 29.3 Å². The molecule has 1 aromatic heterocycles. The van der Waals surface area contributed by atoms with E-state index in [0.717, 1.165) is 14.4 Å². The molecule has 0 saturated heterocycles. The van der Waals surface area contributed by atoms with Crippen molar-refractivity contribution in [2.24, 2.45) is 0 Å². The summed E-state index contributed by atoms with van der Waals surface area (Å²) < 4.78 is 1.82. The maximum absolute atomic E-state index is 12.0. The Hall–Kier alpha value is -1.10. The maximum atomic E-state index is 12.0. The number of thiophene rings is 1. The lowest BCUT2D eigenvalue weighted by Gasteiger charge is -2.32. The predicted octanol–water partition coefficient (Wildman–Crippen LogP) is 4.82. The van der Waals surface area contributed by atoms with Crippen molar-refractivity contribution in [3.05, 3.63) is 67.8 Å². The Morgan fingerprint density at radius 3 is 2.95 bits per heavy atom. The first-order valence-electron chi connectivity index (χ1n) is 6.54. The van der Waals surface area contributed by atoms with E-state index >= 15 is 0 Å². The number of benzene rings is 1. The molecule has 5 heteroatoms. The Bertz CT molecular complexity index is 712. The summed E-state index contributed by atoms with van der Waals surface area (Å²) in [4.78, 5) is 15.1. The number of hydrogen-bond donors (Lipinski definition) is 0. The number of fused-ring (bicyclic) bond motifs is 1. The molecule has 1 aliphatic rings. The van der Waals surface area contributed by atoms with Crippen LogP contribution in [0, 0.1) is 0 Å². The maximum Gasteiger partial charge on any atom is 0.246 e. The van der Waals surface area contributed by atoms with Gasteiger partial charge in [0.25, 0.3) is 0 Å². The molecular weight excluding hydrogens is 370 g/mol. The Kier molecular flexibility index (Phi) is 4.20. The first-order valence-corrected chi connectivity index (χ1v) is 8.52. The number of amides is 1.